The van der Waals surface area contributed by atoms with E-state index in [9.17, 15) is 13.2 Å². The van der Waals surface area contributed by atoms with Crippen molar-refractivity contribution >= 4 is 38.7 Å². The van der Waals surface area contributed by atoms with Crippen LogP contribution in [0.25, 0.3) is 11.2 Å². The predicted octanol–water partition coefficient (Wildman–Crippen LogP) is 2.79. The van der Waals surface area contributed by atoms with Gasteiger partial charge in [0.25, 0.3) is 10.0 Å². The maximum atomic E-state index is 13.1. The summed E-state index contributed by atoms with van der Waals surface area (Å²) < 4.78 is 34.5. The molecule has 0 fully saturated rings. The number of nitrogen functional groups attached to an aromatic ring is 1. The van der Waals surface area contributed by atoms with Gasteiger partial charge in [-0.15, -0.1) is 0 Å². The van der Waals surface area contributed by atoms with Crippen molar-refractivity contribution in [3.63, 3.8) is 0 Å². The van der Waals surface area contributed by atoms with Gasteiger partial charge in [0.15, 0.2) is 11.5 Å². The number of sulfonamides is 1. The second-order valence-corrected chi connectivity index (χ2v) is 9.66. The number of aromatic nitrogens is 4. The van der Waals surface area contributed by atoms with Crippen LogP contribution < -0.4 is 10.0 Å². The Morgan fingerprint density at radius 3 is 2.65 bits per heavy atom. The Morgan fingerprint density at radius 2 is 1.88 bits per heavy atom. The van der Waals surface area contributed by atoms with E-state index in [1.165, 1.54) is 41.9 Å². The zero-order valence-corrected chi connectivity index (χ0v) is 19.6. The number of rotatable bonds is 8. The Morgan fingerprint density at radius 1 is 1.12 bits per heavy atom. The summed E-state index contributed by atoms with van der Waals surface area (Å²) in [7, 11) is -2.37. The number of esters is 1. The number of nitrogens with zero attached hydrogens (tertiary/aromatic N) is 5. The third-order valence-corrected chi connectivity index (χ3v) is 7.11. The number of benzene rings is 2. The number of anilines is 2. The average molecular weight is 481 g/mol. The van der Waals surface area contributed by atoms with Gasteiger partial charge >= 0.3 is 5.97 Å². The highest BCUT2D eigenvalue weighted by atomic mass is 32.2. The van der Waals surface area contributed by atoms with Crippen LogP contribution in [0.1, 0.15) is 22.3 Å². The molecular weight excluding hydrogens is 456 g/mol. The van der Waals surface area contributed by atoms with Crippen molar-refractivity contribution in [3.05, 3.63) is 72.3 Å². The lowest BCUT2D eigenvalue weighted by molar-refractivity contribution is 0.0496. The zero-order valence-electron chi connectivity index (χ0n) is 18.7. The number of nitrogens with two attached hydrogens (primary N) is 1. The highest BCUT2D eigenvalue weighted by Gasteiger charge is 2.22. The predicted molar refractivity (Wildman–Crippen MR) is 128 cm³/mol. The molecule has 0 spiro atoms. The first-order chi connectivity index (χ1) is 16.3. The summed E-state index contributed by atoms with van der Waals surface area (Å²) in [6, 6.07) is 13.0. The maximum Gasteiger partial charge on any atom is 0.338 e. The molecule has 0 bridgehead atoms. The van der Waals surface area contributed by atoms with E-state index in [1.54, 1.807) is 23.0 Å². The van der Waals surface area contributed by atoms with E-state index in [2.05, 4.69) is 15.0 Å². The van der Waals surface area contributed by atoms with E-state index in [1.807, 2.05) is 19.1 Å². The SMILES string of the molecule is Cc1ccc(N(C)S(=O)(=O)c2cccc(C(=O)OCCCn3cnc4c(N)ncnc43)c2)cc1. The molecule has 0 radical (unpaired) electrons. The normalized spacial score (nSPS) is 11.5. The van der Waals surface area contributed by atoms with Crippen molar-refractivity contribution in [3.8, 4) is 0 Å². The molecule has 0 atom stereocenters. The Balaban J connectivity index is 1.39. The van der Waals surface area contributed by atoms with Gasteiger partial charge in [-0.2, -0.15) is 0 Å². The average Bonchev–Trinajstić information content (AvgIpc) is 3.26. The fourth-order valence-electron chi connectivity index (χ4n) is 3.38. The summed E-state index contributed by atoms with van der Waals surface area (Å²) in [4.78, 5) is 24.8. The van der Waals surface area contributed by atoms with Crippen molar-refractivity contribution < 1.29 is 17.9 Å². The number of carbonyl (C=O) groups excluding carboxylic acids is 1. The molecule has 11 heteroatoms. The van der Waals surface area contributed by atoms with Crippen molar-refractivity contribution in [1.82, 2.24) is 19.5 Å². The molecule has 2 N–H and O–H groups in total. The summed E-state index contributed by atoms with van der Waals surface area (Å²) in [6.07, 6.45) is 3.48. The monoisotopic (exact) mass is 480 g/mol. The highest BCUT2D eigenvalue weighted by Crippen LogP contribution is 2.23. The molecule has 2 aromatic heterocycles. The van der Waals surface area contributed by atoms with E-state index in [-0.39, 0.29) is 17.1 Å². The van der Waals surface area contributed by atoms with E-state index in [4.69, 9.17) is 10.5 Å². The van der Waals surface area contributed by atoms with Crippen molar-refractivity contribution in [2.75, 3.05) is 23.7 Å². The van der Waals surface area contributed by atoms with Crippen LogP contribution in [0.5, 0.6) is 0 Å². The van der Waals surface area contributed by atoms with Crippen LogP contribution in [0.15, 0.2) is 66.1 Å². The van der Waals surface area contributed by atoms with Crippen LogP contribution in [0.4, 0.5) is 11.5 Å². The van der Waals surface area contributed by atoms with E-state index >= 15 is 0 Å². The molecule has 0 aliphatic carbocycles. The smallest absolute Gasteiger partial charge is 0.338 e. The van der Waals surface area contributed by atoms with Gasteiger partial charge in [-0.3, -0.25) is 4.31 Å². The molecule has 0 amide bonds. The number of carbonyl (C=O) groups is 1. The summed E-state index contributed by atoms with van der Waals surface area (Å²) in [6.45, 7) is 2.57. The van der Waals surface area contributed by atoms with Gasteiger partial charge in [0.2, 0.25) is 0 Å². The molecule has 0 unspecified atom stereocenters. The summed E-state index contributed by atoms with van der Waals surface area (Å²) >= 11 is 0. The van der Waals surface area contributed by atoms with Crippen LogP contribution in [0.2, 0.25) is 0 Å². The summed E-state index contributed by atoms with van der Waals surface area (Å²) in [5.74, 6) is -0.296. The van der Waals surface area contributed by atoms with Crippen molar-refractivity contribution in [1.29, 1.82) is 0 Å². The van der Waals surface area contributed by atoms with Crippen molar-refractivity contribution in [2.45, 2.75) is 24.8 Å². The lowest BCUT2D eigenvalue weighted by Gasteiger charge is -2.20. The molecule has 2 aromatic carbocycles. The maximum absolute atomic E-state index is 13.1. The Labute approximate surface area is 197 Å². The fraction of sp³-hybridized carbons (Fsp3) is 0.217. The minimum absolute atomic E-state index is 0.00665. The van der Waals surface area contributed by atoms with Crippen LogP contribution >= 0.6 is 0 Å². The van der Waals surface area contributed by atoms with Gasteiger partial charge in [-0.25, -0.2) is 28.2 Å². The van der Waals surface area contributed by atoms with Gasteiger partial charge in [0.1, 0.15) is 11.8 Å². The molecular formula is C23H24N6O4S. The van der Waals surface area contributed by atoms with E-state index in [0.29, 0.717) is 35.6 Å². The molecule has 2 heterocycles. The second-order valence-electron chi connectivity index (χ2n) is 7.69. The third-order valence-electron chi connectivity index (χ3n) is 5.33. The van der Waals surface area contributed by atoms with Gasteiger partial charge in [-0.05, 0) is 43.7 Å². The zero-order chi connectivity index (χ0) is 24.3. The summed E-state index contributed by atoms with van der Waals surface area (Å²) in [5.41, 5.74) is 8.62. The van der Waals surface area contributed by atoms with E-state index < -0.39 is 16.0 Å². The molecule has 0 aliphatic heterocycles. The quantitative estimate of drug-likeness (QED) is 0.301. The number of imidazole rings is 1. The van der Waals surface area contributed by atoms with Gasteiger partial charge in [0.05, 0.1) is 29.1 Å². The minimum atomic E-state index is -3.85. The standard InChI is InChI=1S/C23H24N6O4S/c1-16-7-9-18(10-8-16)28(2)34(31,32)19-6-3-5-17(13-19)23(30)33-12-4-11-29-15-27-20-21(24)25-14-26-22(20)29/h3,5-10,13-15H,4,11-12H2,1-2H3,(H2,24,25,26). The number of aryl methyl sites for hydroxylation is 2. The fourth-order valence-corrected chi connectivity index (χ4v) is 4.62. The topological polar surface area (TPSA) is 133 Å². The molecule has 0 aliphatic rings. The lowest BCUT2D eigenvalue weighted by Crippen LogP contribution is -2.26. The Hall–Kier alpha value is -3.99. The molecule has 10 nitrogen and oxygen atoms in total. The molecule has 4 rings (SSSR count). The number of fused-ring (bicyclic) bond motifs is 1. The Bertz CT molecular complexity index is 1430. The Kier molecular flexibility index (Phi) is 6.46. The number of hydrogen-bond acceptors (Lipinski definition) is 8. The van der Waals surface area contributed by atoms with Crippen LogP contribution in [0.3, 0.4) is 0 Å². The first kappa shape index (κ1) is 23.2. The number of ether oxygens (including phenoxy) is 1. The lowest BCUT2D eigenvalue weighted by atomic mass is 10.2. The molecule has 34 heavy (non-hydrogen) atoms. The van der Waals surface area contributed by atoms with Crippen LogP contribution in [-0.4, -0.2) is 47.6 Å². The van der Waals surface area contributed by atoms with E-state index in [0.717, 1.165) is 5.56 Å². The van der Waals surface area contributed by atoms with Gasteiger partial charge < -0.3 is 15.0 Å². The van der Waals surface area contributed by atoms with Gasteiger partial charge in [-0.1, -0.05) is 23.8 Å². The molecule has 4 aromatic rings. The third kappa shape index (κ3) is 4.69. The van der Waals surface area contributed by atoms with Crippen LogP contribution in [0, 0.1) is 6.92 Å². The van der Waals surface area contributed by atoms with Crippen molar-refractivity contribution in [2.24, 2.45) is 0 Å². The minimum Gasteiger partial charge on any atom is -0.462 e. The van der Waals surface area contributed by atoms with Gasteiger partial charge in [0, 0.05) is 13.6 Å². The second kappa shape index (κ2) is 9.48. The number of hydrogen-bond donors (Lipinski definition) is 1. The highest BCUT2D eigenvalue weighted by molar-refractivity contribution is 7.92. The molecule has 0 saturated heterocycles. The largest absolute Gasteiger partial charge is 0.462 e. The molecule has 176 valence electrons. The first-order valence-electron chi connectivity index (χ1n) is 10.5. The van der Waals surface area contributed by atoms with Crippen LogP contribution in [-0.2, 0) is 21.3 Å². The first-order valence-corrected chi connectivity index (χ1v) is 12.0. The molecule has 0 saturated carbocycles. The summed E-state index contributed by atoms with van der Waals surface area (Å²) in [5, 5.41) is 0.